The smallest absolute Gasteiger partial charge is 0.218 e. The van der Waals surface area contributed by atoms with Crippen LogP contribution in [0.4, 0.5) is 17.5 Å². The van der Waals surface area contributed by atoms with Gasteiger partial charge in [0.05, 0.1) is 7.11 Å². The molecule has 0 aliphatic carbocycles. The molecule has 1 saturated heterocycles. The molecule has 0 radical (unpaired) electrons. The van der Waals surface area contributed by atoms with Gasteiger partial charge in [-0.3, -0.25) is 0 Å². The molecule has 0 amide bonds. The lowest BCUT2D eigenvalue weighted by molar-refractivity contribution is 0.397. The van der Waals surface area contributed by atoms with Crippen LogP contribution in [0.2, 0.25) is 0 Å². The van der Waals surface area contributed by atoms with Crippen LogP contribution in [0.5, 0.6) is 5.88 Å². The van der Waals surface area contributed by atoms with Crippen molar-refractivity contribution >= 4 is 17.5 Å². The Kier molecular flexibility index (Phi) is 4.93. The highest BCUT2D eigenvalue weighted by atomic mass is 16.5. The number of nitrogens with zero attached hydrogens (tertiary/aromatic N) is 6. The van der Waals surface area contributed by atoms with Crippen LogP contribution in [-0.2, 0) is 0 Å². The lowest BCUT2D eigenvalue weighted by Gasteiger charge is -2.33. The number of aromatic nitrogens is 4. The number of methoxy groups -OCH3 is 1. The van der Waals surface area contributed by atoms with Crippen LogP contribution in [0, 0.1) is 0 Å². The Morgan fingerprint density at radius 1 is 1.08 bits per heavy atom. The van der Waals surface area contributed by atoms with Crippen LogP contribution in [0.15, 0.2) is 24.8 Å². The first-order chi connectivity index (χ1) is 11.7. The molecule has 0 atom stereocenters. The lowest BCUT2D eigenvalue weighted by Crippen LogP contribution is -2.39. The largest absolute Gasteiger partial charge is 0.481 e. The van der Waals surface area contributed by atoms with E-state index in [2.05, 4.69) is 30.2 Å². The quantitative estimate of drug-likeness (QED) is 0.882. The molecular formula is C16H23N7O. The molecule has 1 N–H and O–H groups in total. The summed E-state index contributed by atoms with van der Waals surface area (Å²) in [4.78, 5) is 21.2. The second kappa shape index (κ2) is 7.29. The topological polar surface area (TPSA) is 79.3 Å². The van der Waals surface area contributed by atoms with E-state index in [1.807, 2.05) is 31.1 Å². The molecule has 0 saturated carbocycles. The highest BCUT2D eigenvalue weighted by Gasteiger charge is 2.21. The molecule has 2 aromatic heterocycles. The third kappa shape index (κ3) is 3.81. The maximum atomic E-state index is 5.13. The van der Waals surface area contributed by atoms with E-state index in [4.69, 9.17) is 4.74 Å². The SMILES string of the molecule is COc1cc(NC2CCN(c3cc(N(C)C)ncn3)CC2)ncn1. The number of rotatable bonds is 5. The van der Waals surface area contributed by atoms with Crippen molar-refractivity contribution in [2.24, 2.45) is 0 Å². The molecular weight excluding hydrogens is 306 g/mol. The van der Waals surface area contributed by atoms with E-state index in [0.717, 1.165) is 43.4 Å². The van der Waals surface area contributed by atoms with Crippen molar-refractivity contribution < 1.29 is 4.74 Å². The molecule has 3 rings (SSSR count). The van der Waals surface area contributed by atoms with Crippen molar-refractivity contribution in [2.45, 2.75) is 18.9 Å². The van der Waals surface area contributed by atoms with Gasteiger partial charge in [-0.2, -0.15) is 0 Å². The highest BCUT2D eigenvalue weighted by Crippen LogP contribution is 2.22. The van der Waals surface area contributed by atoms with Gasteiger partial charge in [0.1, 0.15) is 30.1 Å². The van der Waals surface area contributed by atoms with E-state index in [1.165, 1.54) is 6.33 Å². The van der Waals surface area contributed by atoms with Crippen LogP contribution in [0.1, 0.15) is 12.8 Å². The zero-order valence-corrected chi connectivity index (χ0v) is 14.3. The second-order valence-corrected chi connectivity index (χ2v) is 5.98. The molecule has 0 bridgehead atoms. The summed E-state index contributed by atoms with van der Waals surface area (Å²) in [7, 11) is 5.57. The predicted molar refractivity (Wildman–Crippen MR) is 93.8 cm³/mol. The van der Waals surface area contributed by atoms with E-state index in [9.17, 15) is 0 Å². The van der Waals surface area contributed by atoms with Crippen LogP contribution in [0.25, 0.3) is 0 Å². The minimum Gasteiger partial charge on any atom is -0.481 e. The van der Waals surface area contributed by atoms with E-state index in [1.54, 1.807) is 13.4 Å². The molecule has 2 aromatic rings. The summed E-state index contributed by atoms with van der Waals surface area (Å²) in [5.41, 5.74) is 0. The average Bonchev–Trinajstić information content (AvgIpc) is 2.62. The van der Waals surface area contributed by atoms with Gasteiger partial charge in [0, 0.05) is 45.4 Å². The van der Waals surface area contributed by atoms with Crippen molar-refractivity contribution in [1.82, 2.24) is 19.9 Å². The summed E-state index contributed by atoms with van der Waals surface area (Å²) < 4.78 is 5.13. The number of anilines is 3. The molecule has 3 heterocycles. The van der Waals surface area contributed by atoms with Gasteiger partial charge in [0.15, 0.2) is 0 Å². The van der Waals surface area contributed by atoms with E-state index in [-0.39, 0.29) is 0 Å². The third-order valence-electron chi connectivity index (χ3n) is 4.12. The van der Waals surface area contributed by atoms with Crippen molar-refractivity contribution in [2.75, 3.05) is 49.4 Å². The van der Waals surface area contributed by atoms with Gasteiger partial charge >= 0.3 is 0 Å². The van der Waals surface area contributed by atoms with Gasteiger partial charge in [0.2, 0.25) is 5.88 Å². The van der Waals surface area contributed by atoms with Crippen LogP contribution in [0.3, 0.4) is 0 Å². The first-order valence-electron chi connectivity index (χ1n) is 8.02. The van der Waals surface area contributed by atoms with Crippen molar-refractivity contribution in [3.8, 4) is 5.88 Å². The lowest BCUT2D eigenvalue weighted by atomic mass is 10.1. The standard InChI is InChI=1S/C16H23N7O/c1-22(2)14-9-15(19-11-18-14)23-6-4-12(5-7-23)21-13-8-16(24-3)20-10-17-13/h8-12H,4-7H2,1-3H3,(H,17,20,21). The van der Waals surface area contributed by atoms with Gasteiger partial charge in [-0.05, 0) is 12.8 Å². The Labute approximate surface area is 141 Å². The maximum absolute atomic E-state index is 5.13. The Balaban J connectivity index is 1.58. The average molecular weight is 329 g/mol. The molecule has 0 aromatic carbocycles. The molecule has 1 fully saturated rings. The number of hydrogen-bond donors (Lipinski definition) is 1. The normalized spacial score (nSPS) is 15.2. The third-order valence-corrected chi connectivity index (χ3v) is 4.12. The van der Waals surface area contributed by atoms with E-state index in [0.29, 0.717) is 11.9 Å². The number of hydrogen-bond acceptors (Lipinski definition) is 8. The first kappa shape index (κ1) is 16.2. The monoisotopic (exact) mass is 329 g/mol. The van der Waals surface area contributed by atoms with Crippen molar-refractivity contribution in [3.05, 3.63) is 24.8 Å². The van der Waals surface area contributed by atoms with Gasteiger partial charge in [-0.15, -0.1) is 0 Å². The molecule has 1 aliphatic heterocycles. The summed E-state index contributed by atoms with van der Waals surface area (Å²) in [5, 5.41) is 3.46. The summed E-state index contributed by atoms with van der Waals surface area (Å²) >= 11 is 0. The Bertz CT molecular complexity index is 671. The molecule has 1 aliphatic rings. The fraction of sp³-hybridized carbons (Fsp3) is 0.500. The predicted octanol–water partition coefficient (Wildman–Crippen LogP) is 1.42. The van der Waals surface area contributed by atoms with Gasteiger partial charge in [0.25, 0.3) is 0 Å². The molecule has 0 spiro atoms. The van der Waals surface area contributed by atoms with Crippen LogP contribution >= 0.6 is 0 Å². The van der Waals surface area contributed by atoms with Gasteiger partial charge in [-0.1, -0.05) is 0 Å². The molecule has 0 unspecified atom stereocenters. The van der Waals surface area contributed by atoms with E-state index >= 15 is 0 Å². The van der Waals surface area contributed by atoms with Gasteiger partial charge < -0.3 is 19.9 Å². The number of piperidine rings is 1. The zero-order valence-electron chi connectivity index (χ0n) is 14.3. The summed E-state index contributed by atoms with van der Waals surface area (Å²) in [5.74, 6) is 3.28. The summed E-state index contributed by atoms with van der Waals surface area (Å²) in [6, 6.07) is 4.24. The van der Waals surface area contributed by atoms with Crippen molar-refractivity contribution in [1.29, 1.82) is 0 Å². The summed E-state index contributed by atoms with van der Waals surface area (Å²) in [6.45, 7) is 1.90. The first-order valence-corrected chi connectivity index (χ1v) is 8.02. The van der Waals surface area contributed by atoms with E-state index < -0.39 is 0 Å². The second-order valence-electron chi connectivity index (χ2n) is 5.98. The molecule has 8 heteroatoms. The number of ether oxygens (including phenoxy) is 1. The summed E-state index contributed by atoms with van der Waals surface area (Å²) in [6.07, 6.45) is 5.18. The Morgan fingerprint density at radius 3 is 2.54 bits per heavy atom. The minimum absolute atomic E-state index is 0.385. The van der Waals surface area contributed by atoms with Gasteiger partial charge in [-0.25, -0.2) is 19.9 Å². The molecule has 128 valence electrons. The minimum atomic E-state index is 0.385. The molecule has 8 nitrogen and oxygen atoms in total. The fourth-order valence-corrected chi connectivity index (χ4v) is 2.75. The number of nitrogens with one attached hydrogen (secondary N) is 1. The maximum Gasteiger partial charge on any atom is 0.218 e. The van der Waals surface area contributed by atoms with Crippen LogP contribution in [-0.4, -0.2) is 60.3 Å². The van der Waals surface area contributed by atoms with Crippen LogP contribution < -0.4 is 19.9 Å². The van der Waals surface area contributed by atoms with Crippen molar-refractivity contribution in [3.63, 3.8) is 0 Å². The molecule has 24 heavy (non-hydrogen) atoms. The highest BCUT2D eigenvalue weighted by molar-refractivity contribution is 5.49. The Hall–Kier alpha value is -2.64. The Morgan fingerprint density at radius 2 is 1.83 bits per heavy atom. The zero-order chi connectivity index (χ0) is 16.9. The fourth-order valence-electron chi connectivity index (χ4n) is 2.75.